The van der Waals surface area contributed by atoms with Crippen molar-refractivity contribution in [3.05, 3.63) is 29.8 Å². The molecule has 1 unspecified atom stereocenters. The normalized spacial score (nSPS) is 12.4. The molecule has 1 amide bonds. The largest absolute Gasteiger partial charge is 0.629 e. The van der Waals surface area contributed by atoms with Gasteiger partial charge in [0.2, 0.25) is 5.91 Å². The van der Waals surface area contributed by atoms with Crippen molar-refractivity contribution in [1.29, 1.82) is 0 Å². The minimum atomic E-state index is -1.57. The molecular weight excluding hydrogens is 517 g/mol. The molecule has 0 aliphatic heterocycles. The number of carbonyl (C=O) groups is 1. The average Bonchev–Trinajstić information content (AvgIpc) is 2.91. The summed E-state index contributed by atoms with van der Waals surface area (Å²) in [6.45, 7) is 1.03. The molecule has 1 rings (SSSR count). The maximum atomic E-state index is 12.1. The summed E-state index contributed by atoms with van der Waals surface area (Å²) in [6.07, 6.45) is 23.7. The Balaban J connectivity index is 1.86. The molecule has 0 saturated heterocycles. The lowest BCUT2D eigenvalue weighted by Gasteiger charge is -2.22. The van der Waals surface area contributed by atoms with E-state index < -0.39 is 7.77 Å². The highest BCUT2D eigenvalue weighted by molar-refractivity contribution is 7.51. The number of nitrogens with zero attached hydrogens (tertiary/aromatic N) is 1. The number of anilines is 1. The molecule has 230 valence electrons. The van der Waals surface area contributed by atoms with E-state index in [1.165, 1.54) is 95.5 Å². The SMILES string of the molecule is C[N+](C)(C)C/C(O)=[P+](\[O-])CCCCCCCCCCCCCCCCCCc1ccc(NC(=O)CCCN)cc1. The lowest BCUT2D eigenvalue weighted by molar-refractivity contribution is -0.861. The second kappa shape index (κ2) is 23.3. The van der Waals surface area contributed by atoms with Crippen LogP contribution in [0.25, 0.3) is 0 Å². The number of rotatable bonds is 25. The Kier molecular flexibility index (Phi) is 21.4. The third kappa shape index (κ3) is 21.4. The van der Waals surface area contributed by atoms with Gasteiger partial charge in [0.25, 0.3) is 5.48 Å². The Morgan fingerprint density at radius 1 is 0.775 bits per heavy atom. The summed E-state index contributed by atoms with van der Waals surface area (Å²) in [5.74, 6) is 0.0391. The molecular formula is C33H61N3O3P+. The standard InChI is InChI=1S/C33H60N3O3P/c1-36(2,3)29-33(38)40(39)28-19-17-15-13-11-9-7-5-4-6-8-10-12-14-16-18-21-30-23-25-31(26-24-30)35-32(37)22-20-27-34/h23-26H,4-22,27-29,34H2,1-3H3,(H-,35,37,38)/p+1. The van der Waals surface area contributed by atoms with Gasteiger partial charge >= 0.3 is 0 Å². The zero-order valence-corrected chi connectivity index (χ0v) is 27.0. The summed E-state index contributed by atoms with van der Waals surface area (Å²) in [6, 6.07) is 8.27. The second-order valence-corrected chi connectivity index (χ2v) is 14.2. The molecule has 40 heavy (non-hydrogen) atoms. The average molecular weight is 579 g/mol. The number of quaternary nitrogens is 1. The van der Waals surface area contributed by atoms with Crippen LogP contribution in [0.3, 0.4) is 0 Å². The van der Waals surface area contributed by atoms with E-state index in [2.05, 4.69) is 17.4 Å². The summed E-state index contributed by atoms with van der Waals surface area (Å²) in [5.41, 5.74) is 7.85. The van der Waals surface area contributed by atoms with Crippen LogP contribution in [0.4, 0.5) is 5.69 Å². The predicted molar refractivity (Wildman–Crippen MR) is 173 cm³/mol. The van der Waals surface area contributed by atoms with E-state index in [-0.39, 0.29) is 11.4 Å². The molecule has 1 atom stereocenters. The third-order valence-corrected chi connectivity index (χ3v) is 8.77. The number of aliphatic hydroxyl groups excluding tert-OH is 1. The summed E-state index contributed by atoms with van der Waals surface area (Å²) in [4.78, 5) is 23.9. The maximum Gasteiger partial charge on any atom is 0.273 e. The highest BCUT2D eigenvalue weighted by atomic mass is 31.1. The van der Waals surface area contributed by atoms with E-state index in [4.69, 9.17) is 5.73 Å². The molecule has 0 aromatic heterocycles. The van der Waals surface area contributed by atoms with Crippen molar-refractivity contribution in [1.82, 2.24) is 0 Å². The fourth-order valence-electron chi connectivity index (χ4n) is 4.93. The smallest absolute Gasteiger partial charge is 0.273 e. The zero-order valence-electron chi connectivity index (χ0n) is 26.1. The molecule has 0 spiro atoms. The number of unbranched alkanes of at least 4 members (excludes halogenated alkanes) is 15. The quantitative estimate of drug-likeness (QED) is 0.0654. The fraction of sp³-hybridized carbons (Fsp3) is 0.758. The predicted octanol–water partition coefficient (Wildman–Crippen LogP) is 7.11. The number of hydrogen-bond acceptors (Lipinski definition) is 3. The molecule has 6 nitrogen and oxygen atoms in total. The Hall–Kier alpha value is -1.30. The Morgan fingerprint density at radius 2 is 1.23 bits per heavy atom. The van der Waals surface area contributed by atoms with Gasteiger partial charge in [0.1, 0.15) is 6.16 Å². The van der Waals surface area contributed by atoms with Crippen molar-refractivity contribution in [2.75, 3.05) is 45.7 Å². The number of aliphatic hydroxyl groups is 1. The van der Waals surface area contributed by atoms with Gasteiger partial charge in [-0.3, -0.25) is 4.79 Å². The van der Waals surface area contributed by atoms with Crippen molar-refractivity contribution < 1.29 is 19.3 Å². The second-order valence-electron chi connectivity index (χ2n) is 12.5. The minimum Gasteiger partial charge on any atom is -0.629 e. The van der Waals surface area contributed by atoms with E-state index >= 15 is 0 Å². The van der Waals surface area contributed by atoms with Gasteiger partial charge in [0, 0.05) is 12.1 Å². The van der Waals surface area contributed by atoms with Gasteiger partial charge in [0.05, 0.1) is 28.9 Å². The first kappa shape index (κ1) is 36.7. The van der Waals surface area contributed by atoms with Crippen molar-refractivity contribution in [3.63, 3.8) is 0 Å². The van der Waals surface area contributed by atoms with Gasteiger partial charge in [-0.1, -0.05) is 95.6 Å². The first-order valence-corrected chi connectivity index (χ1v) is 17.5. The molecule has 0 fully saturated rings. The lowest BCUT2D eigenvalue weighted by atomic mass is 10.0. The number of hydrogen-bond donors (Lipinski definition) is 3. The Morgan fingerprint density at radius 3 is 1.68 bits per heavy atom. The topological polar surface area (TPSA) is 98.4 Å². The first-order chi connectivity index (χ1) is 19.2. The van der Waals surface area contributed by atoms with Gasteiger partial charge in [-0.2, -0.15) is 0 Å². The van der Waals surface area contributed by atoms with E-state index in [1.54, 1.807) is 0 Å². The van der Waals surface area contributed by atoms with Crippen LogP contribution < -0.4 is 15.9 Å². The summed E-state index contributed by atoms with van der Waals surface area (Å²) in [5, 5.41) is 12.9. The molecule has 0 heterocycles. The number of likely N-dealkylation sites (N-methyl/N-ethyl adjacent to an activating group) is 1. The number of benzene rings is 1. The van der Waals surface area contributed by atoms with E-state index in [0.29, 0.717) is 30.2 Å². The fourth-order valence-corrected chi connectivity index (χ4v) is 6.28. The molecule has 0 radical (unpaired) electrons. The van der Waals surface area contributed by atoms with Crippen molar-refractivity contribution >= 4 is 24.8 Å². The molecule has 4 N–H and O–H groups in total. The highest BCUT2D eigenvalue weighted by Gasteiger charge is 2.16. The molecule has 7 heteroatoms. The van der Waals surface area contributed by atoms with E-state index in [0.717, 1.165) is 31.4 Å². The van der Waals surface area contributed by atoms with Gasteiger partial charge in [-0.15, -0.1) is 0 Å². The van der Waals surface area contributed by atoms with Crippen LogP contribution in [0, 0.1) is 0 Å². The number of nitrogens with two attached hydrogens (primary N) is 1. The molecule has 1 aromatic rings. The van der Waals surface area contributed by atoms with Crippen LogP contribution in [0.5, 0.6) is 0 Å². The van der Waals surface area contributed by atoms with Crippen LogP contribution in [0.2, 0.25) is 0 Å². The molecule has 1 aromatic carbocycles. The number of amides is 1. The zero-order chi connectivity index (χ0) is 29.5. The molecule has 0 saturated carbocycles. The maximum absolute atomic E-state index is 12.1. The van der Waals surface area contributed by atoms with Crippen LogP contribution in [0.15, 0.2) is 24.3 Å². The Labute approximate surface area is 247 Å². The molecule has 0 bridgehead atoms. The van der Waals surface area contributed by atoms with Gasteiger partial charge in [-0.25, -0.2) is 0 Å². The Bertz CT molecular complexity index is 806. The van der Waals surface area contributed by atoms with Crippen molar-refractivity contribution in [3.8, 4) is 0 Å². The van der Waals surface area contributed by atoms with Crippen LogP contribution in [-0.4, -0.2) is 61.4 Å². The highest BCUT2D eigenvalue weighted by Crippen LogP contribution is 2.19. The third-order valence-electron chi connectivity index (χ3n) is 7.33. The molecule has 0 aliphatic rings. The minimum absolute atomic E-state index is 0.0391. The van der Waals surface area contributed by atoms with E-state index in [1.807, 2.05) is 33.3 Å². The van der Waals surface area contributed by atoms with Crippen LogP contribution in [-0.2, 0) is 11.2 Å². The lowest BCUT2D eigenvalue weighted by Crippen LogP contribution is -2.39. The number of aryl methyl sites for hydroxylation is 1. The van der Waals surface area contributed by atoms with Gasteiger partial charge < -0.3 is 25.5 Å². The van der Waals surface area contributed by atoms with Crippen molar-refractivity contribution in [2.24, 2.45) is 5.73 Å². The van der Waals surface area contributed by atoms with Crippen molar-refractivity contribution in [2.45, 2.75) is 122 Å². The summed E-state index contributed by atoms with van der Waals surface area (Å²) >= 11 is 0. The van der Waals surface area contributed by atoms with Crippen LogP contribution in [0.1, 0.15) is 121 Å². The molecule has 0 aliphatic carbocycles. The monoisotopic (exact) mass is 578 g/mol. The summed E-state index contributed by atoms with van der Waals surface area (Å²) < 4.78 is 0.617. The first-order valence-electron chi connectivity index (χ1n) is 16.1. The number of carbonyl (C=O) groups excluding carboxylic acids is 1. The number of nitrogens with one attached hydrogen (secondary N) is 1. The van der Waals surface area contributed by atoms with Crippen LogP contribution >= 0.6 is 7.77 Å². The summed E-state index contributed by atoms with van der Waals surface area (Å²) in [7, 11) is 4.44. The van der Waals surface area contributed by atoms with E-state index in [9.17, 15) is 14.8 Å². The van der Waals surface area contributed by atoms with Gasteiger partial charge in [-0.05, 0) is 56.3 Å². The van der Waals surface area contributed by atoms with Gasteiger partial charge in [0.15, 0.2) is 6.54 Å².